The van der Waals surface area contributed by atoms with Crippen molar-refractivity contribution in [3.63, 3.8) is 0 Å². The zero-order valence-corrected chi connectivity index (χ0v) is 7.90. The summed E-state index contributed by atoms with van der Waals surface area (Å²) in [6.07, 6.45) is 0. The Labute approximate surface area is 81.8 Å². The summed E-state index contributed by atoms with van der Waals surface area (Å²) in [5.74, 6) is 0.144. The Hall–Kier alpha value is -1.58. The molecule has 0 bridgehead atoms. The number of benzene rings is 1. The van der Waals surface area contributed by atoms with E-state index in [9.17, 15) is 8.42 Å². The van der Waals surface area contributed by atoms with Crippen LogP contribution in [-0.2, 0) is 14.6 Å². The summed E-state index contributed by atoms with van der Waals surface area (Å²) in [6, 6.07) is 9.42. The summed E-state index contributed by atoms with van der Waals surface area (Å²) >= 11 is 0. The van der Waals surface area contributed by atoms with E-state index in [-0.39, 0.29) is 5.75 Å². The highest BCUT2D eigenvalue weighted by atomic mass is 32.3. The number of nitrogens with zero attached hydrogens (tertiary/aromatic N) is 1. The molecule has 0 fully saturated rings. The van der Waals surface area contributed by atoms with Gasteiger partial charge in [-0.3, -0.25) is 0 Å². The van der Waals surface area contributed by atoms with E-state index < -0.39 is 17.0 Å². The van der Waals surface area contributed by atoms with Crippen molar-refractivity contribution in [1.82, 2.24) is 0 Å². The van der Waals surface area contributed by atoms with Crippen LogP contribution in [0.2, 0.25) is 0 Å². The molecule has 0 atom stereocenters. The maximum absolute atomic E-state index is 11.0. The number of hydrogen-bond donors (Lipinski definition) is 0. The second-order valence-corrected chi connectivity index (χ2v) is 3.44. The van der Waals surface area contributed by atoms with Gasteiger partial charge in [0.15, 0.2) is 6.61 Å². The van der Waals surface area contributed by atoms with Gasteiger partial charge in [0.2, 0.25) is 0 Å². The maximum atomic E-state index is 11.0. The second kappa shape index (κ2) is 4.60. The Morgan fingerprint density at radius 2 is 1.93 bits per heavy atom. The van der Waals surface area contributed by atoms with Crippen LogP contribution < -0.4 is 4.18 Å². The van der Waals surface area contributed by atoms with E-state index in [4.69, 9.17) is 5.26 Å². The highest BCUT2D eigenvalue weighted by molar-refractivity contribution is 7.82. The van der Waals surface area contributed by atoms with E-state index in [0.29, 0.717) is 0 Å². The van der Waals surface area contributed by atoms with Gasteiger partial charge in [0, 0.05) is 0 Å². The highest BCUT2D eigenvalue weighted by Gasteiger charge is 2.12. The Kier molecular flexibility index (Phi) is 3.45. The lowest BCUT2D eigenvalue weighted by molar-refractivity contribution is 0.304. The molecule has 0 aliphatic heterocycles. The van der Waals surface area contributed by atoms with Gasteiger partial charge in [-0.15, -0.1) is 0 Å². The van der Waals surface area contributed by atoms with Gasteiger partial charge in [-0.2, -0.15) is 13.7 Å². The van der Waals surface area contributed by atoms with E-state index in [0.717, 1.165) is 0 Å². The fraction of sp³-hybridized carbons (Fsp3) is 0.125. The van der Waals surface area contributed by atoms with Crippen LogP contribution in [0.25, 0.3) is 0 Å². The zero-order valence-electron chi connectivity index (χ0n) is 7.08. The van der Waals surface area contributed by atoms with Crippen LogP contribution in [0.4, 0.5) is 0 Å². The first kappa shape index (κ1) is 10.5. The van der Waals surface area contributed by atoms with Gasteiger partial charge in [-0.1, -0.05) is 18.2 Å². The normalized spacial score (nSPS) is 10.5. The van der Waals surface area contributed by atoms with Crippen LogP contribution in [0.3, 0.4) is 0 Å². The van der Waals surface area contributed by atoms with Crippen LogP contribution >= 0.6 is 0 Å². The molecule has 14 heavy (non-hydrogen) atoms. The van der Waals surface area contributed by atoms with Crippen molar-refractivity contribution < 1.29 is 16.8 Å². The minimum atomic E-state index is -4.12. The van der Waals surface area contributed by atoms with Crippen molar-refractivity contribution in [3.05, 3.63) is 30.3 Å². The van der Waals surface area contributed by atoms with Crippen molar-refractivity contribution in [2.45, 2.75) is 0 Å². The van der Waals surface area contributed by atoms with Gasteiger partial charge in [0.25, 0.3) is 0 Å². The number of rotatable bonds is 4. The van der Waals surface area contributed by atoms with E-state index >= 15 is 0 Å². The third kappa shape index (κ3) is 3.43. The molecule has 0 N–H and O–H groups in total. The molecule has 74 valence electrons. The van der Waals surface area contributed by atoms with Gasteiger partial charge in [-0.05, 0) is 12.1 Å². The average molecular weight is 213 g/mol. The summed E-state index contributed by atoms with van der Waals surface area (Å²) in [5, 5.41) is 8.10. The molecule has 0 saturated heterocycles. The SMILES string of the molecule is N#CCOS(=O)(=O)Oc1ccccc1. The molecule has 0 spiro atoms. The summed E-state index contributed by atoms with van der Waals surface area (Å²) in [6.45, 7) is -0.560. The molecule has 0 radical (unpaired) electrons. The van der Waals surface area contributed by atoms with E-state index in [1.807, 2.05) is 0 Å². The summed E-state index contributed by atoms with van der Waals surface area (Å²) in [7, 11) is -4.12. The molecule has 0 aromatic heterocycles. The highest BCUT2D eigenvalue weighted by Crippen LogP contribution is 2.11. The molecule has 0 aliphatic carbocycles. The largest absolute Gasteiger partial charge is 0.450 e. The van der Waals surface area contributed by atoms with E-state index in [1.165, 1.54) is 18.2 Å². The monoisotopic (exact) mass is 213 g/mol. The van der Waals surface area contributed by atoms with E-state index in [1.54, 1.807) is 18.2 Å². The molecule has 0 unspecified atom stereocenters. The van der Waals surface area contributed by atoms with Gasteiger partial charge in [0.1, 0.15) is 5.75 Å². The molecule has 6 heteroatoms. The van der Waals surface area contributed by atoms with Crippen LogP contribution in [-0.4, -0.2) is 15.0 Å². The van der Waals surface area contributed by atoms with Gasteiger partial charge >= 0.3 is 10.4 Å². The van der Waals surface area contributed by atoms with Crippen molar-refractivity contribution in [3.8, 4) is 11.8 Å². The minimum Gasteiger partial charge on any atom is -0.362 e. The second-order valence-electron chi connectivity index (χ2n) is 2.22. The Morgan fingerprint density at radius 1 is 1.29 bits per heavy atom. The molecule has 0 amide bonds. The Morgan fingerprint density at radius 3 is 2.50 bits per heavy atom. The van der Waals surface area contributed by atoms with Crippen LogP contribution in [0, 0.1) is 11.3 Å². The van der Waals surface area contributed by atoms with Crippen LogP contribution in [0.5, 0.6) is 5.75 Å². The molecule has 0 saturated carbocycles. The molecule has 1 aromatic carbocycles. The van der Waals surface area contributed by atoms with Crippen molar-refractivity contribution >= 4 is 10.4 Å². The van der Waals surface area contributed by atoms with Gasteiger partial charge in [0.05, 0.1) is 6.07 Å². The van der Waals surface area contributed by atoms with Crippen molar-refractivity contribution in [2.75, 3.05) is 6.61 Å². The molecule has 0 heterocycles. The fourth-order valence-electron chi connectivity index (χ4n) is 0.716. The lowest BCUT2D eigenvalue weighted by Crippen LogP contribution is -2.13. The third-order valence-corrected chi connectivity index (χ3v) is 2.01. The smallest absolute Gasteiger partial charge is 0.362 e. The van der Waals surface area contributed by atoms with Crippen molar-refractivity contribution in [1.29, 1.82) is 5.26 Å². The first-order valence-corrected chi connectivity index (χ1v) is 4.98. The van der Waals surface area contributed by atoms with Crippen molar-refractivity contribution in [2.24, 2.45) is 0 Å². The molecule has 1 aromatic rings. The molecule has 0 aliphatic rings. The lowest BCUT2D eigenvalue weighted by Gasteiger charge is -2.03. The summed E-state index contributed by atoms with van der Waals surface area (Å²) in [4.78, 5) is 0. The van der Waals surface area contributed by atoms with Gasteiger partial charge < -0.3 is 4.18 Å². The third-order valence-electron chi connectivity index (χ3n) is 1.21. The fourth-order valence-corrected chi connectivity index (χ4v) is 1.31. The lowest BCUT2D eigenvalue weighted by atomic mass is 10.3. The van der Waals surface area contributed by atoms with E-state index in [2.05, 4.69) is 8.37 Å². The topological polar surface area (TPSA) is 76.4 Å². The quantitative estimate of drug-likeness (QED) is 0.741. The molecular formula is C8H7NO4S. The maximum Gasteiger partial charge on any atom is 0.450 e. The average Bonchev–Trinajstić information content (AvgIpc) is 2.16. The molecule has 5 nitrogen and oxygen atoms in total. The predicted molar refractivity (Wildman–Crippen MR) is 47.6 cm³/mol. The standard InChI is InChI=1S/C8H7NO4S/c9-6-7-12-14(10,11)13-8-4-2-1-3-5-8/h1-5H,7H2. The van der Waals surface area contributed by atoms with Crippen LogP contribution in [0.1, 0.15) is 0 Å². The predicted octanol–water partition coefficient (Wildman–Crippen LogP) is 0.850. The van der Waals surface area contributed by atoms with Crippen LogP contribution in [0.15, 0.2) is 30.3 Å². The Bertz CT molecular complexity index is 420. The number of para-hydroxylation sites is 1. The molecule has 1 rings (SSSR count). The van der Waals surface area contributed by atoms with Gasteiger partial charge in [-0.25, -0.2) is 4.18 Å². The first-order valence-electron chi connectivity index (χ1n) is 3.65. The Balaban J connectivity index is 2.66. The minimum absolute atomic E-state index is 0.144. The number of hydrogen-bond acceptors (Lipinski definition) is 5. The molecular weight excluding hydrogens is 206 g/mol. The number of nitriles is 1. The summed E-state index contributed by atoms with van der Waals surface area (Å²) < 4.78 is 30.6. The zero-order chi connectivity index (χ0) is 10.4. The first-order chi connectivity index (χ1) is 6.64. The summed E-state index contributed by atoms with van der Waals surface area (Å²) in [5.41, 5.74) is 0.